The van der Waals surface area contributed by atoms with Gasteiger partial charge in [0.1, 0.15) is 5.25 Å². The van der Waals surface area contributed by atoms with Crippen LogP contribution in [0.5, 0.6) is 0 Å². The van der Waals surface area contributed by atoms with Crippen molar-refractivity contribution in [3.05, 3.63) is 84.3 Å². The van der Waals surface area contributed by atoms with Crippen LogP contribution in [0.4, 0.5) is 10.8 Å². The first kappa shape index (κ1) is 23.1. The average Bonchev–Trinajstić information content (AvgIpc) is 3.51. The molecule has 2 heterocycles. The lowest BCUT2D eigenvalue weighted by Gasteiger charge is -2.16. The highest BCUT2D eigenvalue weighted by Crippen LogP contribution is 2.37. The van der Waals surface area contributed by atoms with Gasteiger partial charge in [0.05, 0.1) is 6.26 Å². The third-order valence-electron chi connectivity index (χ3n) is 4.34. The van der Waals surface area contributed by atoms with E-state index >= 15 is 0 Å². The summed E-state index contributed by atoms with van der Waals surface area (Å²) in [6.07, 6.45) is 1.45. The monoisotopic (exact) mass is 496 g/mol. The molecule has 0 saturated heterocycles. The van der Waals surface area contributed by atoms with Gasteiger partial charge in [0.15, 0.2) is 5.76 Å². The van der Waals surface area contributed by atoms with Crippen LogP contribution in [0.25, 0.3) is 0 Å². The third-order valence-corrected chi connectivity index (χ3v) is 7.07. The van der Waals surface area contributed by atoms with Crippen molar-refractivity contribution in [2.45, 2.75) is 22.2 Å². The Kier molecular flexibility index (Phi) is 7.82. The number of nitrogens with zero attached hydrogens (tertiary/aromatic N) is 2. The van der Waals surface area contributed by atoms with E-state index in [2.05, 4.69) is 20.0 Å². The number of rotatable bonds is 9. The number of amides is 2. The first-order valence-electron chi connectivity index (χ1n) is 10.1. The number of aromatic nitrogens is 2. The summed E-state index contributed by atoms with van der Waals surface area (Å²) >= 11 is 4.08. The van der Waals surface area contributed by atoms with Crippen molar-refractivity contribution in [2.75, 3.05) is 16.4 Å². The molecule has 2 aromatic heterocycles. The van der Waals surface area contributed by atoms with E-state index in [1.807, 2.05) is 55.5 Å². The lowest BCUT2D eigenvalue weighted by molar-refractivity contribution is -0.115. The van der Waals surface area contributed by atoms with E-state index < -0.39 is 5.25 Å². The lowest BCUT2D eigenvalue weighted by atomic mass is 10.1. The second-order valence-electron chi connectivity index (χ2n) is 6.67. The minimum Gasteiger partial charge on any atom is -0.459 e. The minimum absolute atomic E-state index is 0.194. The first-order chi connectivity index (χ1) is 16.1. The number of benzene rings is 2. The molecule has 4 rings (SSSR count). The molecule has 0 aliphatic rings. The van der Waals surface area contributed by atoms with E-state index in [1.165, 1.54) is 41.3 Å². The largest absolute Gasteiger partial charge is 0.459 e. The molecule has 1 unspecified atom stereocenters. The van der Waals surface area contributed by atoms with Gasteiger partial charge >= 0.3 is 0 Å². The molecule has 33 heavy (non-hydrogen) atoms. The maximum atomic E-state index is 13.2. The van der Waals surface area contributed by atoms with Crippen LogP contribution in [-0.2, 0) is 4.79 Å². The fraction of sp³-hybridized carbons (Fsp3) is 0.130. The standard InChI is InChI=1S/C23H20N4O3S3/c1-2-31-23-26-22(33-27-23)25-21(29)19(15-8-4-3-5-9-15)32-17-11-6-10-16(14-17)24-20(28)18-12-7-13-30-18/h3-14,19H,2H2,1H3,(H,24,28)(H,25,26,27,29). The molecule has 7 nitrogen and oxygen atoms in total. The Morgan fingerprint density at radius 3 is 2.67 bits per heavy atom. The molecule has 0 aliphatic heterocycles. The van der Waals surface area contributed by atoms with E-state index in [-0.39, 0.29) is 17.6 Å². The van der Waals surface area contributed by atoms with Crippen molar-refractivity contribution in [1.29, 1.82) is 0 Å². The number of hydrogen-bond acceptors (Lipinski definition) is 8. The summed E-state index contributed by atoms with van der Waals surface area (Å²) in [6.45, 7) is 2.02. The van der Waals surface area contributed by atoms with Crippen LogP contribution >= 0.6 is 35.1 Å². The van der Waals surface area contributed by atoms with Crippen molar-refractivity contribution >= 4 is 57.7 Å². The van der Waals surface area contributed by atoms with Gasteiger partial charge in [-0.15, -0.1) is 11.8 Å². The molecule has 10 heteroatoms. The maximum absolute atomic E-state index is 13.2. The summed E-state index contributed by atoms with van der Waals surface area (Å²) in [4.78, 5) is 30.7. The van der Waals surface area contributed by atoms with Gasteiger partial charge in [-0.05, 0) is 41.6 Å². The van der Waals surface area contributed by atoms with Gasteiger partial charge in [0.2, 0.25) is 16.2 Å². The van der Waals surface area contributed by atoms with Gasteiger partial charge in [-0.1, -0.05) is 55.1 Å². The second kappa shape index (κ2) is 11.2. The van der Waals surface area contributed by atoms with Crippen LogP contribution in [0.2, 0.25) is 0 Å². The fourth-order valence-electron chi connectivity index (χ4n) is 2.90. The number of thioether (sulfide) groups is 2. The highest BCUT2D eigenvalue weighted by atomic mass is 32.2. The number of furan rings is 1. The predicted octanol–water partition coefficient (Wildman–Crippen LogP) is 5.97. The van der Waals surface area contributed by atoms with Gasteiger partial charge in [-0.2, -0.15) is 9.36 Å². The Balaban J connectivity index is 1.52. The van der Waals surface area contributed by atoms with Crippen molar-refractivity contribution in [3.63, 3.8) is 0 Å². The summed E-state index contributed by atoms with van der Waals surface area (Å²) in [5, 5.41) is 6.31. The van der Waals surface area contributed by atoms with E-state index in [4.69, 9.17) is 4.42 Å². The first-order valence-corrected chi connectivity index (χ1v) is 12.7. The summed E-state index contributed by atoms with van der Waals surface area (Å²) < 4.78 is 9.40. The van der Waals surface area contributed by atoms with Crippen LogP contribution in [0.1, 0.15) is 28.3 Å². The third kappa shape index (κ3) is 6.25. The van der Waals surface area contributed by atoms with Crippen LogP contribution in [0, 0.1) is 0 Å². The van der Waals surface area contributed by atoms with Crippen molar-refractivity contribution < 1.29 is 14.0 Å². The zero-order valence-corrected chi connectivity index (χ0v) is 20.0. The van der Waals surface area contributed by atoms with Crippen molar-refractivity contribution in [3.8, 4) is 0 Å². The van der Waals surface area contributed by atoms with Gasteiger partial charge in [-0.25, -0.2) is 0 Å². The molecule has 0 spiro atoms. The Labute approximate surface area is 203 Å². The van der Waals surface area contributed by atoms with Gasteiger partial charge in [-0.3, -0.25) is 14.9 Å². The molecule has 2 aromatic carbocycles. The zero-order valence-electron chi connectivity index (χ0n) is 17.6. The Morgan fingerprint density at radius 2 is 1.91 bits per heavy atom. The van der Waals surface area contributed by atoms with Crippen molar-refractivity contribution in [1.82, 2.24) is 9.36 Å². The molecule has 0 saturated carbocycles. The number of carbonyl (C=O) groups is 2. The summed E-state index contributed by atoms with van der Waals surface area (Å²) in [6, 6.07) is 20.1. The van der Waals surface area contributed by atoms with Gasteiger partial charge in [0.25, 0.3) is 5.91 Å². The topological polar surface area (TPSA) is 97.1 Å². The van der Waals surface area contributed by atoms with E-state index in [9.17, 15) is 9.59 Å². The molecule has 0 fully saturated rings. The predicted molar refractivity (Wildman–Crippen MR) is 133 cm³/mol. The van der Waals surface area contributed by atoms with Crippen LogP contribution in [0.3, 0.4) is 0 Å². The van der Waals surface area contributed by atoms with E-state index in [0.717, 1.165) is 16.2 Å². The van der Waals surface area contributed by atoms with E-state index in [0.29, 0.717) is 16.0 Å². The van der Waals surface area contributed by atoms with Crippen molar-refractivity contribution in [2.24, 2.45) is 0 Å². The van der Waals surface area contributed by atoms with Crippen LogP contribution in [0.15, 0.2) is 87.5 Å². The molecule has 2 N–H and O–H groups in total. The Bertz CT molecular complexity index is 1210. The number of nitrogens with one attached hydrogen (secondary N) is 2. The average molecular weight is 497 g/mol. The number of hydrogen-bond donors (Lipinski definition) is 2. The zero-order chi connectivity index (χ0) is 23.0. The molecular weight excluding hydrogens is 476 g/mol. The lowest BCUT2D eigenvalue weighted by Crippen LogP contribution is -2.19. The molecule has 0 radical (unpaired) electrons. The normalized spacial score (nSPS) is 11.7. The number of anilines is 2. The molecule has 0 bridgehead atoms. The van der Waals surface area contributed by atoms with Crippen LogP contribution < -0.4 is 10.6 Å². The van der Waals surface area contributed by atoms with Crippen LogP contribution in [-0.4, -0.2) is 26.9 Å². The second-order valence-corrected chi connectivity index (χ2v) is 9.83. The number of carbonyl (C=O) groups excluding carboxylic acids is 2. The minimum atomic E-state index is -0.520. The maximum Gasteiger partial charge on any atom is 0.291 e. The summed E-state index contributed by atoms with van der Waals surface area (Å²) in [7, 11) is 0. The molecule has 0 aliphatic carbocycles. The molecule has 2 amide bonds. The van der Waals surface area contributed by atoms with E-state index in [1.54, 1.807) is 18.2 Å². The Morgan fingerprint density at radius 1 is 1.06 bits per heavy atom. The van der Waals surface area contributed by atoms with Gasteiger partial charge < -0.3 is 9.73 Å². The molecular formula is C23H20N4O3S3. The highest BCUT2D eigenvalue weighted by molar-refractivity contribution is 8.00. The summed E-state index contributed by atoms with van der Waals surface area (Å²) in [5.74, 6) is 0.559. The smallest absolute Gasteiger partial charge is 0.291 e. The molecule has 4 aromatic rings. The fourth-order valence-corrected chi connectivity index (χ4v) is 5.26. The molecule has 168 valence electrons. The molecule has 1 atom stereocenters. The highest BCUT2D eigenvalue weighted by Gasteiger charge is 2.23. The Hall–Kier alpha value is -3.08. The SMILES string of the molecule is CCSc1nsc(NC(=O)C(Sc2cccc(NC(=O)c3ccco3)c2)c2ccccc2)n1. The quantitative estimate of drug-likeness (QED) is 0.276. The van der Waals surface area contributed by atoms with Gasteiger partial charge in [0, 0.05) is 22.1 Å². The summed E-state index contributed by atoms with van der Waals surface area (Å²) in [5.41, 5.74) is 1.47.